The molecule has 266 valence electrons. The Morgan fingerprint density at radius 1 is 0.540 bits per heavy atom. The molecule has 4 aromatic rings. The van der Waals surface area contributed by atoms with Crippen LogP contribution in [0.3, 0.4) is 0 Å². The Labute approximate surface area is 293 Å². The van der Waals surface area contributed by atoms with Crippen molar-refractivity contribution in [1.29, 1.82) is 0 Å². The zero-order valence-electron chi connectivity index (χ0n) is 28.3. The van der Waals surface area contributed by atoms with Crippen LogP contribution in [0.15, 0.2) is 97.1 Å². The lowest BCUT2D eigenvalue weighted by molar-refractivity contribution is 0.0256. The monoisotopic (exact) mass is 685 g/mol. The molecule has 3 N–H and O–H groups in total. The second-order valence-corrected chi connectivity index (χ2v) is 12.9. The van der Waals surface area contributed by atoms with E-state index >= 15 is 0 Å². The first-order valence-corrected chi connectivity index (χ1v) is 17.3. The van der Waals surface area contributed by atoms with E-state index in [1.54, 1.807) is 4.90 Å². The summed E-state index contributed by atoms with van der Waals surface area (Å²) in [6.07, 6.45) is 0.419. The number of epoxide rings is 2. The van der Waals surface area contributed by atoms with Crippen molar-refractivity contribution in [2.45, 2.75) is 37.3 Å². The van der Waals surface area contributed by atoms with Crippen molar-refractivity contribution in [1.82, 2.24) is 4.90 Å². The standard InChI is InChI=1S/C40H47NO9/c42-18-17-41(21-33(43)23-45-35-9-1-29(2-10-35)19-31-5-13-37(14-6-31)47-25-39-27-49-39)22-34(44)24-46-36-11-3-30(4-12-36)20-32-7-15-38(16-8-32)48-26-40-28-50-40/h1-16,33-34,39-40,42-44H,17-28H2. The van der Waals surface area contributed by atoms with E-state index in [0.29, 0.717) is 31.3 Å². The summed E-state index contributed by atoms with van der Waals surface area (Å²) in [5.74, 6) is 3.01. The lowest BCUT2D eigenvalue weighted by atomic mass is 10.0. The van der Waals surface area contributed by atoms with Gasteiger partial charge in [-0.15, -0.1) is 0 Å². The fraction of sp³-hybridized carbons (Fsp3) is 0.400. The highest BCUT2D eigenvalue weighted by molar-refractivity contribution is 5.35. The van der Waals surface area contributed by atoms with Crippen molar-refractivity contribution in [2.75, 3.05) is 65.9 Å². The smallest absolute Gasteiger partial charge is 0.119 e. The van der Waals surface area contributed by atoms with Crippen LogP contribution in [-0.4, -0.2) is 111 Å². The van der Waals surface area contributed by atoms with Crippen LogP contribution in [0.25, 0.3) is 0 Å². The number of nitrogens with zero attached hydrogens (tertiary/aromatic N) is 1. The summed E-state index contributed by atoms with van der Waals surface area (Å²) in [7, 11) is 0. The normalized spacial score (nSPS) is 17.6. The number of ether oxygens (including phenoxy) is 6. The van der Waals surface area contributed by atoms with Crippen LogP contribution < -0.4 is 18.9 Å². The molecule has 0 spiro atoms. The molecule has 10 nitrogen and oxygen atoms in total. The van der Waals surface area contributed by atoms with Gasteiger partial charge in [0, 0.05) is 19.6 Å². The first-order chi connectivity index (χ1) is 24.5. The summed E-state index contributed by atoms with van der Waals surface area (Å²) < 4.78 is 33.5. The minimum absolute atomic E-state index is 0.0847. The summed E-state index contributed by atoms with van der Waals surface area (Å²) >= 11 is 0. The van der Waals surface area contributed by atoms with E-state index in [1.807, 2.05) is 72.8 Å². The molecule has 4 atom stereocenters. The van der Waals surface area contributed by atoms with E-state index in [0.717, 1.165) is 48.7 Å². The third-order valence-electron chi connectivity index (χ3n) is 8.43. The first-order valence-electron chi connectivity index (χ1n) is 17.3. The van der Waals surface area contributed by atoms with Crippen LogP contribution >= 0.6 is 0 Å². The summed E-state index contributed by atoms with van der Waals surface area (Å²) in [4.78, 5) is 1.81. The molecule has 6 rings (SSSR count). The quantitative estimate of drug-likeness (QED) is 0.105. The molecule has 10 heteroatoms. The number of rotatable bonds is 22. The summed E-state index contributed by atoms with van der Waals surface area (Å²) in [6.45, 7) is 3.60. The van der Waals surface area contributed by atoms with E-state index in [9.17, 15) is 15.3 Å². The van der Waals surface area contributed by atoms with Crippen LogP contribution in [0, 0.1) is 0 Å². The number of hydrogen-bond acceptors (Lipinski definition) is 10. The zero-order chi connectivity index (χ0) is 34.5. The van der Waals surface area contributed by atoms with Gasteiger partial charge in [0.05, 0.1) is 19.8 Å². The fourth-order valence-electron chi connectivity index (χ4n) is 5.48. The molecule has 0 saturated carbocycles. The van der Waals surface area contributed by atoms with Gasteiger partial charge in [0.25, 0.3) is 0 Å². The number of benzene rings is 4. The third-order valence-corrected chi connectivity index (χ3v) is 8.43. The van der Waals surface area contributed by atoms with Gasteiger partial charge in [-0.2, -0.15) is 0 Å². The second kappa shape index (κ2) is 18.2. The van der Waals surface area contributed by atoms with Crippen molar-refractivity contribution >= 4 is 0 Å². The summed E-state index contributed by atoms with van der Waals surface area (Å²) in [5.41, 5.74) is 4.65. The van der Waals surface area contributed by atoms with Gasteiger partial charge >= 0.3 is 0 Å². The average Bonchev–Trinajstić information content (AvgIpc) is 4.07. The van der Waals surface area contributed by atoms with Crippen LogP contribution in [0.5, 0.6) is 23.0 Å². The Morgan fingerprint density at radius 3 is 1.16 bits per heavy atom. The molecule has 50 heavy (non-hydrogen) atoms. The molecule has 0 bridgehead atoms. The molecule has 2 aliphatic heterocycles. The zero-order valence-corrected chi connectivity index (χ0v) is 28.3. The van der Waals surface area contributed by atoms with Crippen molar-refractivity contribution in [2.24, 2.45) is 0 Å². The lowest BCUT2D eigenvalue weighted by Crippen LogP contribution is -2.42. The molecular formula is C40H47NO9. The molecule has 0 amide bonds. The van der Waals surface area contributed by atoms with Gasteiger partial charge in [0.15, 0.2) is 0 Å². The fourth-order valence-corrected chi connectivity index (χ4v) is 5.48. The lowest BCUT2D eigenvalue weighted by Gasteiger charge is -2.26. The van der Waals surface area contributed by atoms with Gasteiger partial charge in [-0.25, -0.2) is 0 Å². The second-order valence-electron chi connectivity index (χ2n) is 12.9. The highest BCUT2D eigenvalue weighted by Gasteiger charge is 2.23. The molecule has 2 fully saturated rings. The van der Waals surface area contributed by atoms with E-state index < -0.39 is 12.2 Å². The Hall–Kier alpha value is -4.16. The van der Waals surface area contributed by atoms with Crippen molar-refractivity contribution in [3.8, 4) is 23.0 Å². The van der Waals surface area contributed by atoms with E-state index in [1.165, 1.54) is 11.1 Å². The molecule has 0 radical (unpaired) electrons. The highest BCUT2D eigenvalue weighted by Crippen LogP contribution is 2.21. The molecular weight excluding hydrogens is 638 g/mol. The molecule has 4 aromatic carbocycles. The maximum Gasteiger partial charge on any atom is 0.119 e. The van der Waals surface area contributed by atoms with Gasteiger partial charge in [-0.1, -0.05) is 48.5 Å². The Balaban J connectivity index is 0.874. The van der Waals surface area contributed by atoms with Crippen LogP contribution in [0.1, 0.15) is 22.3 Å². The molecule has 0 aromatic heterocycles. The Bertz CT molecular complexity index is 1440. The van der Waals surface area contributed by atoms with Gasteiger partial charge in [-0.3, -0.25) is 4.90 Å². The van der Waals surface area contributed by atoms with Crippen LogP contribution in [-0.2, 0) is 22.3 Å². The number of hydrogen-bond donors (Lipinski definition) is 3. The van der Waals surface area contributed by atoms with Gasteiger partial charge in [-0.05, 0) is 83.6 Å². The largest absolute Gasteiger partial charge is 0.491 e. The Morgan fingerprint density at radius 2 is 0.860 bits per heavy atom. The van der Waals surface area contributed by atoms with Crippen LogP contribution in [0.4, 0.5) is 0 Å². The highest BCUT2D eigenvalue weighted by atomic mass is 16.6. The first kappa shape index (κ1) is 35.7. The summed E-state index contributed by atoms with van der Waals surface area (Å²) in [5, 5.41) is 30.9. The molecule has 4 unspecified atom stereocenters. The Kier molecular flexibility index (Phi) is 13.0. The predicted molar refractivity (Wildman–Crippen MR) is 188 cm³/mol. The van der Waals surface area contributed by atoms with E-state index in [-0.39, 0.29) is 45.1 Å². The summed E-state index contributed by atoms with van der Waals surface area (Å²) in [6, 6.07) is 31.8. The molecule has 2 heterocycles. The van der Waals surface area contributed by atoms with Gasteiger partial charge in [0.1, 0.15) is 73.8 Å². The predicted octanol–water partition coefficient (Wildman–Crippen LogP) is 3.90. The average molecular weight is 686 g/mol. The minimum atomic E-state index is -0.810. The van der Waals surface area contributed by atoms with Crippen molar-refractivity contribution < 1.29 is 43.7 Å². The topological polar surface area (TPSA) is 126 Å². The van der Waals surface area contributed by atoms with Crippen molar-refractivity contribution in [3.05, 3.63) is 119 Å². The third kappa shape index (κ3) is 12.3. The van der Waals surface area contributed by atoms with Crippen molar-refractivity contribution in [3.63, 3.8) is 0 Å². The van der Waals surface area contributed by atoms with Crippen LogP contribution in [0.2, 0.25) is 0 Å². The van der Waals surface area contributed by atoms with E-state index in [4.69, 9.17) is 28.4 Å². The van der Waals surface area contributed by atoms with E-state index in [2.05, 4.69) is 24.3 Å². The van der Waals surface area contributed by atoms with Gasteiger partial charge < -0.3 is 43.7 Å². The molecule has 2 saturated heterocycles. The molecule has 0 aliphatic carbocycles. The molecule has 2 aliphatic rings. The van der Waals surface area contributed by atoms with Gasteiger partial charge in [0.2, 0.25) is 0 Å². The number of aliphatic hydroxyl groups excluding tert-OH is 3. The number of aliphatic hydroxyl groups is 3. The maximum atomic E-state index is 10.7. The maximum absolute atomic E-state index is 10.7. The SMILES string of the molecule is OCCN(CC(O)COc1ccc(Cc2ccc(OCC3CO3)cc2)cc1)CC(O)COc1ccc(Cc2ccc(OCC3CO3)cc2)cc1. The minimum Gasteiger partial charge on any atom is -0.491 e.